The molecule has 0 fully saturated rings. The molecule has 0 saturated heterocycles. The quantitative estimate of drug-likeness (QED) is 0.827. The van der Waals surface area contributed by atoms with E-state index < -0.39 is 6.04 Å². The highest BCUT2D eigenvalue weighted by Gasteiger charge is 2.25. The van der Waals surface area contributed by atoms with E-state index in [1.165, 1.54) is 11.3 Å². The summed E-state index contributed by atoms with van der Waals surface area (Å²) in [6.07, 6.45) is 0. The van der Waals surface area contributed by atoms with Crippen LogP contribution in [0.2, 0.25) is 0 Å². The maximum Gasteiger partial charge on any atom is 0.251 e. The lowest BCUT2D eigenvalue weighted by Crippen LogP contribution is -2.47. The van der Waals surface area contributed by atoms with Gasteiger partial charge in [-0.15, -0.1) is 10.2 Å². The summed E-state index contributed by atoms with van der Waals surface area (Å²) in [6, 6.07) is 6.58. The highest BCUT2D eigenvalue weighted by atomic mass is 32.1. The topological polar surface area (TPSA) is 84.0 Å². The zero-order valence-electron chi connectivity index (χ0n) is 15.2. The minimum absolute atomic E-state index is 0.0631. The molecule has 1 heterocycles. The lowest BCUT2D eigenvalue weighted by atomic mass is 10.0. The molecule has 0 radical (unpaired) electrons. The monoisotopic (exact) mass is 360 g/mol. The van der Waals surface area contributed by atoms with Crippen LogP contribution in [0.3, 0.4) is 0 Å². The Bertz CT molecular complexity index is 738. The third-order valence-electron chi connectivity index (χ3n) is 3.71. The molecule has 1 aromatic carbocycles. The number of hydrogen-bond donors (Lipinski definition) is 2. The van der Waals surface area contributed by atoms with Crippen LogP contribution in [0.15, 0.2) is 24.3 Å². The molecule has 0 aliphatic carbocycles. The van der Waals surface area contributed by atoms with Crippen molar-refractivity contribution >= 4 is 28.3 Å². The smallest absolute Gasteiger partial charge is 0.251 e. The van der Waals surface area contributed by atoms with Gasteiger partial charge in [0.05, 0.1) is 0 Å². The number of nitrogens with one attached hydrogen (secondary N) is 2. The van der Waals surface area contributed by atoms with Gasteiger partial charge in [-0.25, -0.2) is 0 Å². The van der Waals surface area contributed by atoms with Gasteiger partial charge < -0.3 is 5.32 Å². The van der Waals surface area contributed by atoms with Crippen LogP contribution in [-0.4, -0.2) is 28.1 Å². The molecule has 2 rings (SSSR count). The third-order valence-corrected chi connectivity index (χ3v) is 4.85. The second kappa shape index (κ2) is 8.20. The number of nitrogens with zero attached hydrogens (tertiary/aromatic N) is 2. The minimum atomic E-state index is -0.653. The molecule has 6 nitrogen and oxygen atoms in total. The summed E-state index contributed by atoms with van der Waals surface area (Å²) in [5, 5.41) is 14.9. The van der Waals surface area contributed by atoms with Gasteiger partial charge in [-0.1, -0.05) is 56.7 Å². The maximum absolute atomic E-state index is 12.6. The molecule has 1 aromatic heterocycles. The summed E-state index contributed by atoms with van der Waals surface area (Å²) in [7, 11) is 0. The maximum atomic E-state index is 12.6. The van der Waals surface area contributed by atoms with Gasteiger partial charge in [-0.3, -0.25) is 14.9 Å². The first-order valence-electron chi connectivity index (χ1n) is 8.29. The van der Waals surface area contributed by atoms with E-state index in [4.69, 9.17) is 0 Å². The van der Waals surface area contributed by atoms with E-state index in [2.05, 4.69) is 20.8 Å². The number of amides is 2. The molecule has 0 spiro atoms. The van der Waals surface area contributed by atoms with E-state index in [-0.39, 0.29) is 23.7 Å². The van der Waals surface area contributed by atoms with Gasteiger partial charge in [0.15, 0.2) is 0 Å². The number of carbonyl (C=O) groups is 2. The Balaban J connectivity index is 2.07. The predicted octanol–water partition coefficient (Wildman–Crippen LogP) is 3.36. The second-order valence-electron chi connectivity index (χ2n) is 6.65. The number of anilines is 1. The van der Waals surface area contributed by atoms with Crippen molar-refractivity contribution in [1.29, 1.82) is 0 Å². The van der Waals surface area contributed by atoms with Crippen molar-refractivity contribution < 1.29 is 9.59 Å². The molecule has 7 heteroatoms. The molecule has 0 aliphatic rings. The van der Waals surface area contributed by atoms with Crippen molar-refractivity contribution in [2.45, 2.75) is 46.6 Å². The molecule has 0 aliphatic heterocycles. The van der Waals surface area contributed by atoms with Crippen LogP contribution < -0.4 is 10.6 Å². The van der Waals surface area contributed by atoms with E-state index in [0.717, 1.165) is 10.6 Å². The van der Waals surface area contributed by atoms with Crippen molar-refractivity contribution in [3.8, 4) is 0 Å². The largest absolute Gasteiger partial charge is 0.340 e. The summed E-state index contributed by atoms with van der Waals surface area (Å²) in [6.45, 7) is 9.77. The SMILES string of the molecule is Cc1ccc(C(=O)N[C@H](C(=O)Nc2nnc(C(C)C)s2)C(C)C)cc1. The van der Waals surface area contributed by atoms with Crippen LogP contribution in [0.25, 0.3) is 0 Å². The van der Waals surface area contributed by atoms with Crippen LogP contribution in [0, 0.1) is 12.8 Å². The molecule has 0 unspecified atom stereocenters. The average molecular weight is 360 g/mol. The van der Waals surface area contributed by atoms with Crippen LogP contribution in [0.4, 0.5) is 5.13 Å². The fourth-order valence-electron chi connectivity index (χ4n) is 2.17. The van der Waals surface area contributed by atoms with Gasteiger partial charge in [-0.2, -0.15) is 0 Å². The molecule has 2 aromatic rings. The van der Waals surface area contributed by atoms with E-state index in [1.807, 2.05) is 46.8 Å². The highest BCUT2D eigenvalue weighted by Crippen LogP contribution is 2.22. The molecule has 0 saturated carbocycles. The van der Waals surface area contributed by atoms with Gasteiger partial charge in [0.1, 0.15) is 11.0 Å². The summed E-state index contributed by atoms with van der Waals surface area (Å²) in [5.74, 6) is -0.368. The second-order valence-corrected chi connectivity index (χ2v) is 7.66. The normalized spacial score (nSPS) is 12.3. The Labute approximate surface area is 152 Å². The Hall–Kier alpha value is -2.28. The molecule has 25 heavy (non-hydrogen) atoms. The molecule has 134 valence electrons. The molecular weight excluding hydrogens is 336 g/mol. The molecule has 2 N–H and O–H groups in total. The Kier molecular flexibility index (Phi) is 6.25. The van der Waals surface area contributed by atoms with Crippen LogP contribution in [-0.2, 0) is 4.79 Å². The van der Waals surface area contributed by atoms with Crippen molar-refractivity contribution in [3.63, 3.8) is 0 Å². The summed E-state index contributed by atoms with van der Waals surface area (Å²) >= 11 is 1.35. The lowest BCUT2D eigenvalue weighted by Gasteiger charge is -2.21. The fourth-order valence-corrected chi connectivity index (χ4v) is 2.91. The summed E-state index contributed by atoms with van der Waals surface area (Å²) < 4.78 is 0. The van der Waals surface area contributed by atoms with Gasteiger partial charge >= 0.3 is 0 Å². The van der Waals surface area contributed by atoms with Crippen LogP contribution in [0.1, 0.15) is 54.5 Å². The number of carbonyl (C=O) groups excluding carboxylic acids is 2. The van der Waals surface area contributed by atoms with E-state index in [9.17, 15) is 9.59 Å². The zero-order valence-corrected chi connectivity index (χ0v) is 16.0. The van der Waals surface area contributed by atoms with Gasteiger partial charge in [-0.05, 0) is 25.0 Å². The molecule has 2 amide bonds. The Morgan fingerprint density at radius 1 is 1.04 bits per heavy atom. The Morgan fingerprint density at radius 3 is 2.20 bits per heavy atom. The molecular formula is C18H24N4O2S. The number of hydrogen-bond acceptors (Lipinski definition) is 5. The average Bonchev–Trinajstić information content (AvgIpc) is 3.01. The Morgan fingerprint density at radius 2 is 1.68 bits per heavy atom. The van der Waals surface area contributed by atoms with Crippen molar-refractivity contribution in [2.75, 3.05) is 5.32 Å². The standard InChI is InChI=1S/C18H24N4O2S/c1-10(2)14(19-15(23)13-8-6-12(5)7-9-13)16(24)20-18-22-21-17(25-18)11(3)4/h6-11,14H,1-5H3,(H,19,23)(H,20,22,24)/t14-/m0/s1. The van der Waals surface area contributed by atoms with Gasteiger partial charge in [0.2, 0.25) is 11.0 Å². The van der Waals surface area contributed by atoms with E-state index in [0.29, 0.717) is 10.7 Å². The number of rotatable bonds is 6. The van der Waals surface area contributed by atoms with Crippen molar-refractivity contribution in [3.05, 3.63) is 40.4 Å². The highest BCUT2D eigenvalue weighted by molar-refractivity contribution is 7.15. The first-order valence-corrected chi connectivity index (χ1v) is 9.11. The van der Waals surface area contributed by atoms with Gasteiger partial charge in [0, 0.05) is 11.5 Å². The minimum Gasteiger partial charge on any atom is -0.340 e. The molecule has 0 bridgehead atoms. The summed E-state index contributed by atoms with van der Waals surface area (Å²) in [4.78, 5) is 25.0. The number of benzene rings is 1. The fraction of sp³-hybridized carbons (Fsp3) is 0.444. The van der Waals surface area contributed by atoms with E-state index >= 15 is 0 Å². The van der Waals surface area contributed by atoms with Crippen LogP contribution in [0.5, 0.6) is 0 Å². The predicted molar refractivity (Wildman–Crippen MR) is 99.9 cm³/mol. The van der Waals surface area contributed by atoms with E-state index in [1.54, 1.807) is 12.1 Å². The summed E-state index contributed by atoms with van der Waals surface area (Å²) in [5.41, 5.74) is 1.61. The molecule has 1 atom stereocenters. The number of aryl methyl sites for hydroxylation is 1. The van der Waals surface area contributed by atoms with Crippen LogP contribution >= 0.6 is 11.3 Å². The van der Waals surface area contributed by atoms with Gasteiger partial charge in [0.25, 0.3) is 5.91 Å². The third kappa shape index (κ3) is 5.09. The zero-order chi connectivity index (χ0) is 18.6. The number of aromatic nitrogens is 2. The lowest BCUT2D eigenvalue weighted by molar-refractivity contribution is -0.118. The first kappa shape index (κ1) is 19.1. The van der Waals surface area contributed by atoms with Crippen molar-refractivity contribution in [2.24, 2.45) is 5.92 Å². The first-order chi connectivity index (χ1) is 11.8. The van der Waals surface area contributed by atoms with Crippen molar-refractivity contribution in [1.82, 2.24) is 15.5 Å².